The molecular weight excluding hydrogens is 267 g/mol. The molecule has 0 amide bonds. The number of rotatable bonds is 3. The first-order valence-electron chi connectivity index (χ1n) is 5.96. The second-order valence-corrected chi connectivity index (χ2v) is 6.69. The summed E-state index contributed by atoms with van der Waals surface area (Å²) in [6, 6.07) is 5.50. The van der Waals surface area contributed by atoms with Crippen molar-refractivity contribution in [3.8, 4) is 0 Å². The van der Waals surface area contributed by atoms with Crippen molar-refractivity contribution in [3.05, 3.63) is 41.2 Å². The van der Waals surface area contributed by atoms with Gasteiger partial charge in [0.1, 0.15) is 5.82 Å². The number of nitrogens with one attached hydrogen (secondary N) is 2. The third kappa shape index (κ3) is 2.56. The third-order valence-electron chi connectivity index (χ3n) is 3.15. The molecule has 104 valence electrons. The van der Waals surface area contributed by atoms with Crippen LogP contribution in [0.1, 0.15) is 19.4 Å². The fourth-order valence-electron chi connectivity index (χ4n) is 2.30. The number of sulfonamides is 1. The monoisotopic (exact) mass is 284 g/mol. The zero-order valence-electron chi connectivity index (χ0n) is 11.1. The first-order valence-corrected chi connectivity index (χ1v) is 7.44. The Kier molecular flexibility index (Phi) is 3.51. The standard InChI is InChI=1S/C13H17FN2O2S/c1-13(2)11(8-15-3)12(19(17,18)16-13)9-4-6-10(14)7-5-9/h4-7,15-16H,8H2,1-3H3. The third-order valence-corrected chi connectivity index (χ3v) is 4.95. The lowest BCUT2D eigenvalue weighted by molar-refractivity contribution is 0.523. The summed E-state index contributed by atoms with van der Waals surface area (Å²) in [5, 5.41) is 2.98. The van der Waals surface area contributed by atoms with Crippen molar-refractivity contribution in [1.29, 1.82) is 0 Å². The molecule has 1 heterocycles. The molecule has 2 N–H and O–H groups in total. The lowest BCUT2D eigenvalue weighted by Crippen LogP contribution is -2.40. The van der Waals surface area contributed by atoms with E-state index < -0.39 is 15.6 Å². The average Bonchev–Trinajstić information content (AvgIpc) is 2.46. The van der Waals surface area contributed by atoms with E-state index in [1.807, 2.05) is 13.8 Å². The maximum Gasteiger partial charge on any atom is 0.242 e. The van der Waals surface area contributed by atoms with Gasteiger partial charge in [-0.1, -0.05) is 12.1 Å². The molecule has 0 saturated carbocycles. The molecule has 0 unspecified atom stereocenters. The van der Waals surface area contributed by atoms with Gasteiger partial charge in [-0.05, 0) is 44.2 Å². The van der Waals surface area contributed by atoms with Crippen LogP contribution in [0.5, 0.6) is 0 Å². The Bertz CT molecular complexity index is 619. The SMILES string of the molecule is CNCC1=C(c2ccc(F)cc2)S(=O)(=O)NC1(C)C. The van der Waals surface area contributed by atoms with Crippen LogP contribution in [-0.4, -0.2) is 27.5 Å². The molecule has 0 radical (unpaired) electrons. The van der Waals surface area contributed by atoms with Crippen molar-refractivity contribution >= 4 is 14.9 Å². The summed E-state index contributed by atoms with van der Waals surface area (Å²) in [6.45, 7) is 4.08. The molecule has 2 rings (SSSR count). The smallest absolute Gasteiger partial charge is 0.242 e. The van der Waals surface area contributed by atoms with E-state index in [0.717, 1.165) is 5.57 Å². The van der Waals surface area contributed by atoms with Gasteiger partial charge in [0, 0.05) is 6.54 Å². The maximum absolute atomic E-state index is 13.0. The zero-order valence-corrected chi connectivity index (χ0v) is 11.9. The van der Waals surface area contributed by atoms with Crippen LogP contribution in [0.4, 0.5) is 4.39 Å². The second kappa shape index (κ2) is 4.70. The summed E-state index contributed by atoms with van der Waals surface area (Å²) in [7, 11) is -1.80. The molecule has 0 aliphatic carbocycles. The quantitative estimate of drug-likeness (QED) is 0.883. The summed E-state index contributed by atoms with van der Waals surface area (Å²) >= 11 is 0. The minimum Gasteiger partial charge on any atom is -0.316 e. The van der Waals surface area contributed by atoms with E-state index in [-0.39, 0.29) is 10.7 Å². The minimum absolute atomic E-state index is 0.242. The Hall–Kier alpha value is -1.24. The maximum atomic E-state index is 13.0. The van der Waals surface area contributed by atoms with Crippen LogP contribution in [0.2, 0.25) is 0 Å². The van der Waals surface area contributed by atoms with Crippen molar-refractivity contribution in [2.75, 3.05) is 13.6 Å². The van der Waals surface area contributed by atoms with E-state index in [0.29, 0.717) is 12.1 Å². The van der Waals surface area contributed by atoms with Crippen molar-refractivity contribution < 1.29 is 12.8 Å². The largest absolute Gasteiger partial charge is 0.316 e. The van der Waals surface area contributed by atoms with E-state index >= 15 is 0 Å². The van der Waals surface area contributed by atoms with Gasteiger partial charge in [0.2, 0.25) is 10.0 Å². The number of hydrogen-bond donors (Lipinski definition) is 2. The summed E-state index contributed by atoms with van der Waals surface area (Å²) in [5.41, 5.74) is 0.609. The Labute approximate surface area is 112 Å². The molecule has 0 aromatic heterocycles. The average molecular weight is 284 g/mol. The van der Waals surface area contributed by atoms with Crippen LogP contribution in [0.25, 0.3) is 4.91 Å². The van der Waals surface area contributed by atoms with Gasteiger partial charge < -0.3 is 5.32 Å². The lowest BCUT2D eigenvalue weighted by Gasteiger charge is -2.21. The first kappa shape index (κ1) is 14.2. The molecule has 0 bridgehead atoms. The van der Waals surface area contributed by atoms with E-state index in [9.17, 15) is 12.8 Å². The summed E-state index contributed by atoms with van der Waals surface area (Å²) in [4.78, 5) is 0.242. The Morgan fingerprint density at radius 2 is 1.84 bits per heavy atom. The second-order valence-electron chi connectivity index (χ2n) is 5.08. The fraction of sp³-hybridized carbons (Fsp3) is 0.385. The summed E-state index contributed by atoms with van der Waals surface area (Å²) in [6.07, 6.45) is 0. The molecule has 4 nitrogen and oxygen atoms in total. The highest BCUT2D eigenvalue weighted by Gasteiger charge is 2.42. The molecule has 1 aromatic carbocycles. The fourth-order valence-corrected chi connectivity index (χ4v) is 4.30. The molecule has 1 aliphatic heterocycles. The Morgan fingerprint density at radius 3 is 2.37 bits per heavy atom. The number of halogens is 1. The molecule has 0 atom stereocenters. The zero-order chi connectivity index (χ0) is 14.3. The summed E-state index contributed by atoms with van der Waals surface area (Å²) < 4.78 is 40.1. The Balaban J connectivity index is 2.65. The Morgan fingerprint density at radius 1 is 1.26 bits per heavy atom. The molecule has 6 heteroatoms. The van der Waals surface area contributed by atoms with E-state index in [1.165, 1.54) is 24.3 Å². The van der Waals surface area contributed by atoms with Gasteiger partial charge in [0.15, 0.2) is 0 Å². The van der Waals surface area contributed by atoms with E-state index in [1.54, 1.807) is 7.05 Å². The van der Waals surface area contributed by atoms with Crippen LogP contribution in [0.15, 0.2) is 29.8 Å². The van der Waals surface area contributed by atoms with Crippen molar-refractivity contribution in [2.24, 2.45) is 0 Å². The highest BCUT2D eigenvalue weighted by molar-refractivity contribution is 7.99. The van der Waals surface area contributed by atoms with Gasteiger partial charge in [0.25, 0.3) is 0 Å². The molecular formula is C13H17FN2O2S. The van der Waals surface area contributed by atoms with Crippen LogP contribution in [0.3, 0.4) is 0 Å². The van der Waals surface area contributed by atoms with Crippen molar-refractivity contribution in [2.45, 2.75) is 19.4 Å². The van der Waals surface area contributed by atoms with E-state index in [4.69, 9.17) is 0 Å². The molecule has 0 spiro atoms. The number of benzene rings is 1. The highest BCUT2D eigenvalue weighted by Crippen LogP contribution is 2.37. The van der Waals surface area contributed by atoms with Crippen molar-refractivity contribution in [3.63, 3.8) is 0 Å². The minimum atomic E-state index is -3.56. The van der Waals surface area contributed by atoms with Crippen molar-refractivity contribution in [1.82, 2.24) is 10.0 Å². The topological polar surface area (TPSA) is 58.2 Å². The van der Waals surface area contributed by atoms with E-state index in [2.05, 4.69) is 10.0 Å². The van der Waals surface area contributed by atoms with Crippen LogP contribution < -0.4 is 10.0 Å². The van der Waals surface area contributed by atoms with Gasteiger partial charge >= 0.3 is 0 Å². The lowest BCUT2D eigenvalue weighted by atomic mass is 9.93. The number of likely N-dealkylation sites (N-methyl/N-ethyl adjacent to an activating group) is 1. The van der Waals surface area contributed by atoms with Gasteiger partial charge in [0.05, 0.1) is 10.4 Å². The molecule has 0 fully saturated rings. The summed E-state index contributed by atoms with van der Waals surface area (Å²) in [5.74, 6) is -0.387. The highest BCUT2D eigenvalue weighted by atomic mass is 32.2. The van der Waals surface area contributed by atoms with Gasteiger partial charge in [-0.2, -0.15) is 0 Å². The molecule has 19 heavy (non-hydrogen) atoms. The van der Waals surface area contributed by atoms with Crippen LogP contribution >= 0.6 is 0 Å². The normalized spacial score (nSPS) is 20.8. The molecule has 1 aliphatic rings. The number of hydrogen-bond acceptors (Lipinski definition) is 3. The molecule has 1 aromatic rings. The van der Waals surface area contributed by atoms with Gasteiger partial charge in [-0.3, -0.25) is 0 Å². The van der Waals surface area contributed by atoms with Crippen LogP contribution in [0, 0.1) is 5.82 Å². The molecule has 0 saturated heterocycles. The predicted octanol–water partition coefficient (Wildman–Crippen LogP) is 1.47. The first-order chi connectivity index (χ1) is 8.78. The van der Waals surface area contributed by atoms with Gasteiger partial charge in [-0.15, -0.1) is 0 Å². The predicted molar refractivity (Wildman–Crippen MR) is 73.4 cm³/mol. The van der Waals surface area contributed by atoms with Crippen LogP contribution in [-0.2, 0) is 10.0 Å². The van der Waals surface area contributed by atoms with Gasteiger partial charge in [-0.25, -0.2) is 17.5 Å².